The van der Waals surface area contributed by atoms with E-state index in [-0.39, 0.29) is 23.2 Å². The van der Waals surface area contributed by atoms with Crippen molar-refractivity contribution in [1.82, 2.24) is 0 Å². The second-order valence-corrected chi connectivity index (χ2v) is 12.8. The highest BCUT2D eigenvalue weighted by atomic mass is 16.5. The topological polar surface area (TPSA) is 97.4 Å². The third kappa shape index (κ3) is 8.11. The van der Waals surface area contributed by atoms with Crippen molar-refractivity contribution in [2.24, 2.45) is 23.2 Å². The van der Waals surface area contributed by atoms with Crippen LogP contribution in [0.3, 0.4) is 0 Å². The van der Waals surface area contributed by atoms with Crippen LogP contribution in [-0.2, 0) is 9.47 Å². The summed E-state index contributed by atoms with van der Waals surface area (Å²) in [5.74, 6) is 1.14. The molecule has 1 saturated carbocycles. The van der Waals surface area contributed by atoms with Crippen LogP contribution in [0.15, 0.2) is 72.8 Å². The highest BCUT2D eigenvalue weighted by Gasteiger charge is 2.37. The Kier molecular flexibility index (Phi) is 10.2. The lowest BCUT2D eigenvalue weighted by molar-refractivity contribution is -0.133. The zero-order chi connectivity index (χ0) is 32.0. The molecule has 45 heavy (non-hydrogen) atoms. The van der Waals surface area contributed by atoms with Crippen LogP contribution >= 0.6 is 0 Å². The van der Waals surface area contributed by atoms with E-state index in [4.69, 9.17) is 23.7 Å². The van der Waals surface area contributed by atoms with Crippen LogP contribution in [0.25, 0.3) is 0 Å². The van der Waals surface area contributed by atoms with Crippen molar-refractivity contribution in [2.75, 3.05) is 19.8 Å². The Morgan fingerprint density at radius 2 is 1.24 bits per heavy atom. The van der Waals surface area contributed by atoms with Gasteiger partial charge in [-0.3, -0.25) is 0 Å². The van der Waals surface area contributed by atoms with Gasteiger partial charge in [-0.05, 0) is 110 Å². The first-order chi connectivity index (χ1) is 21.6. The summed E-state index contributed by atoms with van der Waals surface area (Å²) in [7, 11) is 0. The lowest BCUT2D eigenvalue weighted by Gasteiger charge is -2.40. The molecule has 1 saturated heterocycles. The number of hydrogen-bond donors (Lipinski definition) is 0. The molecule has 5 rings (SSSR count). The zero-order valence-corrected chi connectivity index (χ0v) is 26.5. The first kappa shape index (κ1) is 32.2. The standard InChI is InChI=1S/C37H42O8/c1-5-37(21-41-22-37)23-42-29-13-11-28(12-14-29)35(39)44-31-17-15-30(16-18-31)43-34(38)26-7-9-27(10-8-26)36(40)45-33-20-25(4)6-19-32(33)24(2)3/h7-18,24-25,32-33H,5-6,19-23H2,1-4H3. The van der Waals surface area contributed by atoms with Crippen molar-refractivity contribution in [3.05, 3.63) is 89.5 Å². The summed E-state index contributed by atoms with van der Waals surface area (Å²) in [6.07, 6.45) is 3.98. The minimum atomic E-state index is -0.572. The smallest absolute Gasteiger partial charge is 0.343 e. The molecule has 2 fully saturated rings. The van der Waals surface area contributed by atoms with Crippen molar-refractivity contribution in [3.8, 4) is 17.2 Å². The van der Waals surface area contributed by atoms with Gasteiger partial charge in [-0.1, -0.05) is 34.1 Å². The van der Waals surface area contributed by atoms with E-state index in [2.05, 4.69) is 27.7 Å². The maximum atomic E-state index is 12.9. The molecule has 3 aromatic carbocycles. The Bertz CT molecular complexity index is 1450. The van der Waals surface area contributed by atoms with Crippen LogP contribution in [-0.4, -0.2) is 43.8 Å². The second-order valence-electron chi connectivity index (χ2n) is 12.8. The van der Waals surface area contributed by atoms with E-state index in [1.165, 1.54) is 0 Å². The van der Waals surface area contributed by atoms with Gasteiger partial charge in [0.2, 0.25) is 0 Å². The monoisotopic (exact) mass is 614 g/mol. The van der Waals surface area contributed by atoms with Gasteiger partial charge in [-0.25, -0.2) is 14.4 Å². The molecule has 3 aromatic rings. The number of benzene rings is 3. The molecule has 0 radical (unpaired) electrons. The minimum Gasteiger partial charge on any atom is -0.493 e. The summed E-state index contributed by atoms with van der Waals surface area (Å²) >= 11 is 0. The Morgan fingerprint density at radius 3 is 1.71 bits per heavy atom. The Hall–Kier alpha value is -4.17. The van der Waals surface area contributed by atoms with Crippen LogP contribution in [0.4, 0.5) is 0 Å². The number of carbonyl (C=O) groups excluding carboxylic acids is 3. The second kappa shape index (κ2) is 14.3. The maximum Gasteiger partial charge on any atom is 0.343 e. The Morgan fingerprint density at radius 1 is 0.756 bits per heavy atom. The summed E-state index contributed by atoms with van der Waals surface area (Å²) in [6, 6.07) is 19.3. The van der Waals surface area contributed by atoms with Crippen LogP contribution in [0.5, 0.6) is 17.2 Å². The molecular formula is C37H42O8. The van der Waals surface area contributed by atoms with Crippen LogP contribution < -0.4 is 14.2 Å². The lowest BCUT2D eigenvalue weighted by Crippen LogP contribution is -2.46. The van der Waals surface area contributed by atoms with E-state index in [0.717, 1.165) is 25.7 Å². The Balaban J connectivity index is 1.10. The maximum absolute atomic E-state index is 12.9. The van der Waals surface area contributed by atoms with Gasteiger partial charge >= 0.3 is 17.9 Å². The molecule has 3 unspecified atom stereocenters. The summed E-state index contributed by atoms with van der Waals surface area (Å²) in [5.41, 5.74) is 1.15. The molecule has 0 N–H and O–H groups in total. The highest BCUT2D eigenvalue weighted by molar-refractivity contribution is 5.94. The average Bonchev–Trinajstić information content (AvgIpc) is 3.02. The van der Waals surface area contributed by atoms with Gasteiger partial charge in [-0.2, -0.15) is 0 Å². The van der Waals surface area contributed by atoms with E-state index >= 15 is 0 Å². The van der Waals surface area contributed by atoms with Crippen LogP contribution in [0.1, 0.15) is 84.5 Å². The molecule has 0 aromatic heterocycles. The van der Waals surface area contributed by atoms with Crippen molar-refractivity contribution in [3.63, 3.8) is 0 Å². The molecule has 1 heterocycles. The summed E-state index contributed by atoms with van der Waals surface area (Å²) in [5, 5.41) is 0. The third-order valence-corrected chi connectivity index (χ3v) is 9.02. The molecule has 3 atom stereocenters. The molecule has 8 nitrogen and oxygen atoms in total. The van der Waals surface area contributed by atoms with E-state index in [1.807, 2.05) is 0 Å². The quantitative estimate of drug-likeness (QED) is 0.161. The van der Waals surface area contributed by atoms with Crippen LogP contribution in [0, 0.1) is 23.2 Å². The molecule has 1 aliphatic carbocycles. The summed E-state index contributed by atoms with van der Waals surface area (Å²) < 4.78 is 28.1. The van der Waals surface area contributed by atoms with E-state index in [0.29, 0.717) is 65.8 Å². The SMILES string of the molecule is CCC1(COc2ccc(C(=O)Oc3ccc(OC(=O)c4ccc(C(=O)OC5CC(C)CCC5C(C)C)cc4)cc3)cc2)COC1. The first-order valence-electron chi connectivity index (χ1n) is 15.8. The molecule has 8 heteroatoms. The van der Waals surface area contributed by atoms with Gasteiger partial charge in [0, 0.05) is 0 Å². The van der Waals surface area contributed by atoms with Crippen LogP contribution in [0.2, 0.25) is 0 Å². The zero-order valence-electron chi connectivity index (χ0n) is 26.5. The molecule has 1 aliphatic heterocycles. The van der Waals surface area contributed by atoms with E-state index in [1.54, 1.807) is 72.8 Å². The van der Waals surface area contributed by atoms with Gasteiger partial charge in [-0.15, -0.1) is 0 Å². The molecule has 0 spiro atoms. The largest absolute Gasteiger partial charge is 0.493 e. The van der Waals surface area contributed by atoms with Crippen molar-refractivity contribution in [2.45, 2.75) is 59.5 Å². The van der Waals surface area contributed by atoms with E-state index in [9.17, 15) is 14.4 Å². The average molecular weight is 615 g/mol. The van der Waals surface area contributed by atoms with Gasteiger partial charge in [0.25, 0.3) is 0 Å². The van der Waals surface area contributed by atoms with Gasteiger partial charge in [0.1, 0.15) is 23.4 Å². The van der Waals surface area contributed by atoms with Crippen molar-refractivity contribution >= 4 is 17.9 Å². The number of carbonyl (C=O) groups is 3. The first-order valence-corrected chi connectivity index (χ1v) is 15.8. The Labute approximate surface area is 265 Å². The van der Waals surface area contributed by atoms with Gasteiger partial charge in [0.15, 0.2) is 0 Å². The molecule has 238 valence electrons. The number of ether oxygens (including phenoxy) is 5. The molecule has 0 bridgehead atoms. The third-order valence-electron chi connectivity index (χ3n) is 9.02. The number of esters is 3. The molecular weight excluding hydrogens is 572 g/mol. The summed E-state index contributed by atoms with van der Waals surface area (Å²) in [4.78, 5) is 38.3. The molecule has 0 amide bonds. The predicted molar refractivity (Wildman–Crippen MR) is 169 cm³/mol. The minimum absolute atomic E-state index is 0.0726. The fourth-order valence-electron chi connectivity index (χ4n) is 5.81. The molecule has 2 aliphatic rings. The predicted octanol–water partition coefficient (Wildman–Crippen LogP) is 7.55. The fraction of sp³-hybridized carbons (Fsp3) is 0.432. The van der Waals surface area contributed by atoms with Gasteiger partial charge in [0.05, 0.1) is 41.9 Å². The lowest BCUT2D eigenvalue weighted by atomic mass is 9.75. The number of rotatable bonds is 11. The fourth-order valence-corrected chi connectivity index (χ4v) is 5.81. The van der Waals surface area contributed by atoms with Crippen molar-refractivity contribution in [1.29, 1.82) is 0 Å². The van der Waals surface area contributed by atoms with E-state index < -0.39 is 11.9 Å². The normalized spacial score (nSPS) is 20.5. The number of hydrogen-bond acceptors (Lipinski definition) is 8. The van der Waals surface area contributed by atoms with Crippen molar-refractivity contribution < 1.29 is 38.1 Å². The summed E-state index contributed by atoms with van der Waals surface area (Å²) in [6.45, 7) is 10.7. The highest BCUT2D eigenvalue weighted by Crippen LogP contribution is 2.36. The van der Waals surface area contributed by atoms with Gasteiger partial charge < -0.3 is 23.7 Å².